The third-order valence-electron chi connectivity index (χ3n) is 3.04. The van der Waals surface area contributed by atoms with Gasteiger partial charge in [-0.1, -0.05) is 26.0 Å². The van der Waals surface area contributed by atoms with Gasteiger partial charge in [-0.25, -0.2) is 4.98 Å². The summed E-state index contributed by atoms with van der Waals surface area (Å²) in [5.41, 5.74) is 2.27. The topological polar surface area (TPSA) is 29.9 Å². The Hall–Kier alpha value is -1.35. The summed E-state index contributed by atoms with van der Waals surface area (Å²) in [7, 11) is 2.08. The predicted molar refractivity (Wildman–Crippen MR) is 72.0 cm³/mol. The molecule has 0 aliphatic rings. The highest BCUT2D eigenvalue weighted by atomic mass is 15.1. The van der Waals surface area contributed by atoms with Gasteiger partial charge in [0.05, 0.1) is 17.1 Å². The lowest BCUT2D eigenvalue weighted by atomic mass is 10.2. The molecule has 92 valence electrons. The predicted octanol–water partition coefficient (Wildman–Crippen LogP) is 2.88. The summed E-state index contributed by atoms with van der Waals surface area (Å²) in [5, 5.41) is 3.52. The van der Waals surface area contributed by atoms with Crippen molar-refractivity contribution in [1.29, 1.82) is 0 Å². The minimum absolute atomic E-state index is 0.287. The van der Waals surface area contributed by atoms with Gasteiger partial charge in [-0.05, 0) is 31.5 Å². The van der Waals surface area contributed by atoms with Crippen molar-refractivity contribution in [3.05, 3.63) is 30.1 Å². The Labute approximate surface area is 103 Å². The standard InChI is InChI=1S/C14H21N3/c1-10(2)9-15-11(3)14-16-12-7-5-6-8-13(12)17(14)4/h5-8,10-11,15H,9H2,1-4H3. The summed E-state index contributed by atoms with van der Waals surface area (Å²) < 4.78 is 2.17. The summed E-state index contributed by atoms with van der Waals surface area (Å²) in [5.74, 6) is 1.76. The van der Waals surface area contributed by atoms with Crippen LogP contribution >= 0.6 is 0 Å². The monoisotopic (exact) mass is 231 g/mol. The lowest BCUT2D eigenvalue weighted by molar-refractivity contribution is 0.475. The van der Waals surface area contributed by atoms with Crippen LogP contribution in [0.15, 0.2) is 24.3 Å². The van der Waals surface area contributed by atoms with Crippen molar-refractivity contribution < 1.29 is 0 Å². The number of nitrogens with zero attached hydrogens (tertiary/aromatic N) is 2. The first-order chi connectivity index (χ1) is 8.09. The van der Waals surface area contributed by atoms with Crippen LogP contribution in [0.2, 0.25) is 0 Å². The molecule has 0 aliphatic carbocycles. The van der Waals surface area contributed by atoms with Crippen LogP contribution in [0, 0.1) is 5.92 Å². The van der Waals surface area contributed by atoms with Crippen LogP contribution in [-0.4, -0.2) is 16.1 Å². The van der Waals surface area contributed by atoms with Gasteiger partial charge in [-0.3, -0.25) is 0 Å². The molecule has 2 aromatic rings. The summed E-state index contributed by atoms with van der Waals surface area (Å²) in [6.45, 7) is 7.62. The van der Waals surface area contributed by atoms with E-state index in [1.54, 1.807) is 0 Å². The maximum absolute atomic E-state index is 4.69. The number of rotatable bonds is 4. The van der Waals surface area contributed by atoms with Crippen molar-refractivity contribution in [2.75, 3.05) is 6.54 Å². The average molecular weight is 231 g/mol. The van der Waals surface area contributed by atoms with Gasteiger partial charge in [0.15, 0.2) is 0 Å². The Kier molecular flexibility index (Phi) is 3.48. The number of benzene rings is 1. The molecule has 0 fully saturated rings. The summed E-state index contributed by atoms with van der Waals surface area (Å²) >= 11 is 0. The van der Waals surface area contributed by atoms with Crippen LogP contribution < -0.4 is 5.32 Å². The van der Waals surface area contributed by atoms with Gasteiger partial charge in [0.1, 0.15) is 5.82 Å². The van der Waals surface area contributed by atoms with E-state index in [9.17, 15) is 0 Å². The zero-order chi connectivity index (χ0) is 12.4. The van der Waals surface area contributed by atoms with Gasteiger partial charge in [-0.2, -0.15) is 0 Å². The number of nitrogens with one attached hydrogen (secondary N) is 1. The van der Waals surface area contributed by atoms with E-state index >= 15 is 0 Å². The first-order valence-electron chi connectivity index (χ1n) is 6.24. The van der Waals surface area contributed by atoms with E-state index < -0.39 is 0 Å². The quantitative estimate of drug-likeness (QED) is 0.877. The smallest absolute Gasteiger partial charge is 0.126 e. The van der Waals surface area contributed by atoms with Crippen LogP contribution in [-0.2, 0) is 7.05 Å². The van der Waals surface area contributed by atoms with Gasteiger partial charge < -0.3 is 9.88 Å². The lowest BCUT2D eigenvalue weighted by Crippen LogP contribution is -2.25. The van der Waals surface area contributed by atoms with E-state index in [0.717, 1.165) is 17.9 Å². The molecule has 1 heterocycles. The van der Waals surface area contributed by atoms with Gasteiger partial charge in [-0.15, -0.1) is 0 Å². The van der Waals surface area contributed by atoms with E-state index in [4.69, 9.17) is 4.98 Å². The van der Waals surface area contributed by atoms with Gasteiger partial charge in [0.25, 0.3) is 0 Å². The normalized spacial score (nSPS) is 13.5. The van der Waals surface area contributed by atoms with Crippen molar-refractivity contribution in [1.82, 2.24) is 14.9 Å². The number of hydrogen-bond donors (Lipinski definition) is 1. The average Bonchev–Trinajstić information content (AvgIpc) is 2.64. The van der Waals surface area contributed by atoms with Crippen LogP contribution in [0.1, 0.15) is 32.6 Å². The summed E-state index contributed by atoms with van der Waals surface area (Å²) in [6.07, 6.45) is 0. The Morgan fingerprint density at radius 2 is 1.94 bits per heavy atom. The molecule has 1 unspecified atom stereocenters. The van der Waals surface area contributed by atoms with E-state index in [2.05, 4.69) is 55.9 Å². The highest BCUT2D eigenvalue weighted by Gasteiger charge is 2.13. The second kappa shape index (κ2) is 4.88. The second-order valence-corrected chi connectivity index (χ2v) is 5.04. The molecule has 0 spiro atoms. The molecule has 0 bridgehead atoms. The molecule has 0 saturated carbocycles. The van der Waals surface area contributed by atoms with E-state index in [1.807, 2.05) is 6.07 Å². The number of hydrogen-bond acceptors (Lipinski definition) is 2. The maximum Gasteiger partial charge on any atom is 0.126 e. The molecule has 2 rings (SSSR count). The zero-order valence-corrected chi connectivity index (χ0v) is 11.1. The lowest BCUT2D eigenvalue weighted by Gasteiger charge is -2.15. The second-order valence-electron chi connectivity index (χ2n) is 5.04. The van der Waals surface area contributed by atoms with Crippen molar-refractivity contribution in [3.8, 4) is 0 Å². The zero-order valence-electron chi connectivity index (χ0n) is 11.1. The number of aryl methyl sites for hydroxylation is 1. The fraction of sp³-hybridized carbons (Fsp3) is 0.500. The Morgan fingerprint density at radius 3 is 2.59 bits per heavy atom. The SMILES string of the molecule is CC(C)CNC(C)c1nc2ccccc2n1C. The molecular formula is C14H21N3. The van der Waals surface area contributed by atoms with Crippen LogP contribution in [0.5, 0.6) is 0 Å². The first-order valence-corrected chi connectivity index (χ1v) is 6.24. The molecule has 0 amide bonds. The molecule has 0 aliphatic heterocycles. The highest BCUT2D eigenvalue weighted by molar-refractivity contribution is 5.75. The van der Waals surface area contributed by atoms with Crippen molar-refractivity contribution in [2.24, 2.45) is 13.0 Å². The molecule has 3 nitrogen and oxygen atoms in total. The fourth-order valence-corrected chi connectivity index (χ4v) is 2.06. The third kappa shape index (κ3) is 2.50. The highest BCUT2D eigenvalue weighted by Crippen LogP contribution is 2.19. The van der Waals surface area contributed by atoms with E-state index in [1.165, 1.54) is 5.52 Å². The van der Waals surface area contributed by atoms with E-state index in [0.29, 0.717) is 5.92 Å². The Morgan fingerprint density at radius 1 is 1.24 bits per heavy atom. The molecule has 3 heteroatoms. The molecule has 1 aromatic carbocycles. The summed E-state index contributed by atoms with van der Waals surface area (Å²) in [6, 6.07) is 8.55. The summed E-state index contributed by atoms with van der Waals surface area (Å²) in [4.78, 5) is 4.69. The van der Waals surface area contributed by atoms with Gasteiger partial charge in [0.2, 0.25) is 0 Å². The molecule has 1 atom stereocenters. The number of fused-ring (bicyclic) bond motifs is 1. The minimum Gasteiger partial charge on any atom is -0.330 e. The van der Waals surface area contributed by atoms with E-state index in [-0.39, 0.29) is 6.04 Å². The molecular weight excluding hydrogens is 210 g/mol. The number of imidazole rings is 1. The number of aromatic nitrogens is 2. The molecule has 0 saturated heterocycles. The van der Waals surface area contributed by atoms with Crippen LogP contribution in [0.4, 0.5) is 0 Å². The Balaban J connectivity index is 2.26. The van der Waals surface area contributed by atoms with Crippen LogP contribution in [0.25, 0.3) is 11.0 Å². The fourth-order valence-electron chi connectivity index (χ4n) is 2.06. The maximum atomic E-state index is 4.69. The molecule has 1 aromatic heterocycles. The largest absolute Gasteiger partial charge is 0.330 e. The first kappa shape index (κ1) is 12.1. The molecule has 17 heavy (non-hydrogen) atoms. The van der Waals surface area contributed by atoms with Crippen molar-refractivity contribution in [3.63, 3.8) is 0 Å². The van der Waals surface area contributed by atoms with Crippen LogP contribution in [0.3, 0.4) is 0 Å². The van der Waals surface area contributed by atoms with Gasteiger partial charge in [0, 0.05) is 7.05 Å². The van der Waals surface area contributed by atoms with Crippen molar-refractivity contribution >= 4 is 11.0 Å². The third-order valence-corrected chi connectivity index (χ3v) is 3.04. The minimum atomic E-state index is 0.287. The Bertz CT molecular complexity index is 499. The van der Waals surface area contributed by atoms with Crippen molar-refractivity contribution in [2.45, 2.75) is 26.8 Å². The van der Waals surface area contributed by atoms with Gasteiger partial charge >= 0.3 is 0 Å². The molecule has 0 radical (unpaired) electrons. The molecule has 1 N–H and O–H groups in total. The number of para-hydroxylation sites is 2.